The van der Waals surface area contributed by atoms with E-state index in [4.69, 9.17) is 0 Å². The third-order valence-corrected chi connectivity index (χ3v) is 3.97. The summed E-state index contributed by atoms with van der Waals surface area (Å²) in [6.45, 7) is 6.92. The van der Waals surface area contributed by atoms with E-state index in [1.165, 1.54) is 16.5 Å². The van der Waals surface area contributed by atoms with E-state index in [2.05, 4.69) is 38.9 Å². The van der Waals surface area contributed by atoms with E-state index in [-0.39, 0.29) is 0 Å². The molecule has 0 amide bonds. The molecule has 0 aliphatic carbocycles. The van der Waals surface area contributed by atoms with Gasteiger partial charge in [-0.2, -0.15) is 4.37 Å². The van der Waals surface area contributed by atoms with Crippen LogP contribution in [0.25, 0.3) is 0 Å². The van der Waals surface area contributed by atoms with Gasteiger partial charge in [0.05, 0.1) is 17.2 Å². The Kier molecular flexibility index (Phi) is 3.50. The Morgan fingerprint density at radius 2 is 2.19 bits per heavy atom. The fourth-order valence-corrected chi connectivity index (χ4v) is 2.61. The molecule has 0 bridgehead atoms. The van der Waals surface area contributed by atoms with Crippen molar-refractivity contribution in [1.29, 1.82) is 0 Å². The van der Waals surface area contributed by atoms with Crippen LogP contribution >= 0.6 is 22.9 Å². The monoisotopic (exact) mass is 254 g/mol. The molecule has 0 aliphatic rings. The van der Waals surface area contributed by atoms with Crippen LogP contribution in [0.3, 0.4) is 0 Å². The van der Waals surface area contributed by atoms with E-state index in [1.807, 2.05) is 6.92 Å². The number of aryl methyl sites for hydroxylation is 1. The maximum Gasteiger partial charge on any atom is 0.202 e. The van der Waals surface area contributed by atoms with Crippen LogP contribution in [0, 0.1) is 6.92 Å². The number of hydrogen-bond donors (Lipinski definition) is 1. The molecule has 2 aromatic rings. The largest absolute Gasteiger partial charge is 0.355 e. The van der Waals surface area contributed by atoms with Crippen molar-refractivity contribution in [2.45, 2.75) is 33.2 Å². The maximum atomic E-state index is 4.54. The highest BCUT2D eigenvalue weighted by Crippen LogP contribution is 2.20. The topological polar surface area (TPSA) is 50.7 Å². The lowest BCUT2D eigenvalue weighted by Crippen LogP contribution is -1.99. The van der Waals surface area contributed by atoms with Gasteiger partial charge in [-0.1, -0.05) is 13.8 Å². The zero-order chi connectivity index (χ0) is 11.5. The minimum absolute atomic E-state index is 0.502. The molecule has 86 valence electrons. The molecule has 0 saturated carbocycles. The third kappa shape index (κ3) is 2.76. The van der Waals surface area contributed by atoms with Crippen molar-refractivity contribution in [3.8, 4) is 0 Å². The summed E-state index contributed by atoms with van der Waals surface area (Å²) in [7, 11) is 0. The quantitative estimate of drug-likeness (QED) is 0.911. The molecule has 2 rings (SSSR count). The average Bonchev–Trinajstić information content (AvgIpc) is 2.83. The molecule has 0 saturated heterocycles. The molecule has 4 nitrogen and oxygen atoms in total. The van der Waals surface area contributed by atoms with Crippen LogP contribution < -0.4 is 5.32 Å². The van der Waals surface area contributed by atoms with Crippen molar-refractivity contribution in [3.05, 3.63) is 21.9 Å². The second kappa shape index (κ2) is 4.88. The standard InChI is InChI=1S/C10H14N4S2/c1-6(2)9-13-8(5-15-9)4-11-10-12-7(3)14-16-10/h5-6H,4H2,1-3H3,(H,11,12,14). The zero-order valence-electron chi connectivity index (χ0n) is 9.52. The summed E-state index contributed by atoms with van der Waals surface area (Å²) in [4.78, 5) is 8.78. The van der Waals surface area contributed by atoms with Crippen molar-refractivity contribution in [2.24, 2.45) is 0 Å². The van der Waals surface area contributed by atoms with Gasteiger partial charge in [-0.25, -0.2) is 9.97 Å². The minimum atomic E-state index is 0.502. The first kappa shape index (κ1) is 11.5. The van der Waals surface area contributed by atoms with Gasteiger partial charge in [0.1, 0.15) is 5.82 Å². The van der Waals surface area contributed by atoms with Crippen molar-refractivity contribution >= 4 is 28.0 Å². The fraction of sp³-hybridized carbons (Fsp3) is 0.500. The molecule has 0 spiro atoms. The summed E-state index contributed by atoms with van der Waals surface area (Å²) in [6, 6.07) is 0. The Morgan fingerprint density at radius 1 is 1.38 bits per heavy atom. The zero-order valence-corrected chi connectivity index (χ0v) is 11.2. The first-order valence-corrected chi connectivity index (χ1v) is 6.79. The van der Waals surface area contributed by atoms with Crippen molar-refractivity contribution < 1.29 is 0 Å². The van der Waals surface area contributed by atoms with Gasteiger partial charge in [-0.15, -0.1) is 11.3 Å². The number of rotatable bonds is 4. The molecule has 16 heavy (non-hydrogen) atoms. The van der Waals surface area contributed by atoms with E-state index in [1.54, 1.807) is 11.3 Å². The van der Waals surface area contributed by atoms with Gasteiger partial charge in [0.25, 0.3) is 0 Å². The van der Waals surface area contributed by atoms with Crippen molar-refractivity contribution in [2.75, 3.05) is 5.32 Å². The second-order valence-corrected chi connectivity index (χ2v) is 5.47. The Morgan fingerprint density at radius 3 is 2.75 bits per heavy atom. The second-order valence-electron chi connectivity index (χ2n) is 3.83. The van der Waals surface area contributed by atoms with Crippen LogP contribution in [0.1, 0.15) is 36.3 Å². The van der Waals surface area contributed by atoms with Crippen LogP contribution in [-0.2, 0) is 6.54 Å². The molecular formula is C10H14N4S2. The molecule has 0 aromatic carbocycles. The predicted octanol–water partition coefficient (Wildman–Crippen LogP) is 3.04. The highest BCUT2D eigenvalue weighted by molar-refractivity contribution is 7.10. The van der Waals surface area contributed by atoms with Crippen LogP contribution in [0.4, 0.5) is 5.13 Å². The number of anilines is 1. The molecule has 0 aliphatic heterocycles. The van der Waals surface area contributed by atoms with Crippen molar-refractivity contribution in [3.63, 3.8) is 0 Å². The van der Waals surface area contributed by atoms with Gasteiger partial charge in [-0.3, -0.25) is 0 Å². The predicted molar refractivity (Wildman–Crippen MR) is 68.2 cm³/mol. The number of hydrogen-bond acceptors (Lipinski definition) is 6. The number of nitrogens with zero attached hydrogens (tertiary/aromatic N) is 3. The van der Waals surface area contributed by atoms with E-state index >= 15 is 0 Å². The highest BCUT2D eigenvalue weighted by Gasteiger charge is 2.06. The number of aromatic nitrogens is 3. The molecule has 6 heteroatoms. The van der Waals surface area contributed by atoms with E-state index in [0.29, 0.717) is 5.92 Å². The van der Waals surface area contributed by atoms with Gasteiger partial charge in [0.15, 0.2) is 0 Å². The molecule has 2 heterocycles. The summed E-state index contributed by atoms with van der Waals surface area (Å²) in [5, 5.41) is 7.36. The molecule has 1 N–H and O–H groups in total. The van der Waals surface area contributed by atoms with E-state index in [0.717, 1.165) is 23.2 Å². The molecule has 0 radical (unpaired) electrons. The Hall–Kier alpha value is -1.01. The SMILES string of the molecule is Cc1nsc(NCc2csc(C(C)C)n2)n1. The maximum absolute atomic E-state index is 4.54. The molecule has 0 fully saturated rings. The lowest BCUT2D eigenvalue weighted by molar-refractivity contribution is 0.841. The summed E-state index contributed by atoms with van der Waals surface area (Å²) in [6.07, 6.45) is 0. The average molecular weight is 254 g/mol. The molecule has 0 atom stereocenters. The van der Waals surface area contributed by atoms with Crippen LogP contribution in [0.5, 0.6) is 0 Å². The molecular weight excluding hydrogens is 240 g/mol. The number of nitrogens with one attached hydrogen (secondary N) is 1. The minimum Gasteiger partial charge on any atom is -0.355 e. The van der Waals surface area contributed by atoms with Crippen LogP contribution in [0.15, 0.2) is 5.38 Å². The number of thiazole rings is 1. The van der Waals surface area contributed by atoms with Crippen LogP contribution in [-0.4, -0.2) is 14.3 Å². The van der Waals surface area contributed by atoms with Gasteiger partial charge < -0.3 is 5.32 Å². The Bertz CT molecular complexity index is 461. The van der Waals surface area contributed by atoms with Gasteiger partial charge >= 0.3 is 0 Å². The third-order valence-electron chi connectivity index (χ3n) is 2.01. The molecule has 0 unspecified atom stereocenters. The highest BCUT2D eigenvalue weighted by atomic mass is 32.1. The lowest BCUT2D eigenvalue weighted by Gasteiger charge is -1.99. The fourth-order valence-electron chi connectivity index (χ4n) is 1.20. The van der Waals surface area contributed by atoms with E-state index < -0.39 is 0 Å². The first-order chi connectivity index (χ1) is 7.65. The van der Waals surface area contributed by atoms with Gasteiger partial charge in [0.2, 0.25) is 5.13 Å². The summed E-state index contributed by atoms with van der Waals surface area (Å²) in [5.41, 5.74) is 1.07. The summed E-state index contributed by atoms with van der Waals surface area (Å²) < 4.78 is 4.11. The van der Waals surface area contributed by atoms with Gasteiger partial charge in [-0.05, 0) is 6.92 Å². The first-order valence-electron chi connectivity index (χ1n) is 5.13. The smallest absolute Gasteiger partial charge is 0.202 e. The molecule has 2 aromatic heterocycles. The Balaban J connectivity index is 1.94. The van der Waals surface area contributed by atoms with Crippen molar-refractivity contribution in [1.82, 2.24) is 14.3 Å². The summed E-state index contributed by atoms with van der Waals surface area (Å²) >= 11 is 3.10. The summed E-state index contributed by atoms with van der Waals surface area (Å²) in [5.74, 6) is 1.32. The van der Waals surface area contributed by atoms with Crippen LogP contribution in [0.2, 0.25) is 0 Å². The lowest BCUT2D eigenvalue weighted by atomic mass is 10.2. The Labute approximate surface area is 103 Å². The normalized spacial score (nSPS) is 11.0. The van der Waals surface area contributed by atoms with E-state index in [9.17, 15) is 0 Å². The van der Waals surface area contributed by atoms with Gasteiger partial charge in [0, 0.05) is 22.8 Å².